The van der Waals surface area contributed by atoms with Crippen molar-refractivity contribution in [3.8, 4) is 0 Å². The molecule has 0 aliphatic carbocycles. The molecule has 0 saturated carbocycles. The first-order chi connectivity index (χ1) is 11.5. The molecule has 2 amide bonds. The highest BCUT2D eigenvalue weighted by Gasteiger charge is 2.30. The lowest BCUT2D eigenvalue weighted by Gasteiger charge is -2.26. The van der Waals surface area contributed by atoms with Crippen LogP contribution in [0.15, 0.2) is 24.3 Å². The normalized spacial score (nSPS) is 11.3. The third-order valence-electron chi connectivity index (χ3n) is 3.38. The molecule has 1 aromatic carbocycles. The van der Waals surface area contributed by atoms with E-state index < -0.39 is 29.5 Å². The van der Waals surface area contributed by atoms with Crippen LogP contribution in [0.4, 0.5) is 13.2 Å². The highest BCUT2D eigenvalue weighted by molar-refractivity contribution is 5.96. The molecule has 0 aromatic heterocycles. The Balaban J connectivity index is 2.64. The van der Waals surface area contributed by atoms with Crippen molar-refractivity contribution in [1.29, 1.82) is 0 Å². The predicted molar refractivity (Wildman–Crippen MR) is 82.9 cm³/mol. The third-order valence-corrected chi connectivity index (χ3v) is 3.38. The Bertz CT molecular complexity index is 627. The summed E-state index contributed by atoms with van der Waals surface area (Å²) in [4.78, 5) is 35.9. The Hall–Kier alpha value is -2.58. The van der Waals surface area contributed by atoms with E-state index >= 15 is 0 Å². The van der Waals surface area contributed by atoms with Crippen LogP contribution in [0.2, 0.25) is 0 Å². The van der Waals surface area contributed by atoms with Gasteiger partial charge in [-0.15, -0.1) is 0 Å². The van der Waals surface area contributed by atoms with Gasteiger partial charge in [0.25, 0.3) is 5.91 Å². The largest absolute Gasteiger partial charge is 0.481 e. The topological polar surface area (TPSA) is 86.7 Å². The minimum Gasteiger partial charge on any atom is -0.481 e. The van der Waals surface area contributed by atoms with Gasteiger partial charge in [0.15, 0.2) is 0 Å². The first kappa shape index (κ1) is 20.5. The van der Waals surface area contributed by atoms with Crippen LogP contribution < -0.4 is 5.32 Å². The summed E-state index contributed by atoms with van der Waals surface area (Å²) in [5.74, 6) is -2.22. The van der Waals surface area contributed by atoms with Gasteiger partial charge in [-0.2, -0.15) is 13.2 Å². The monoisotopic (exact) mass is 360 g/mol. The zero-order valence-electron chi connectivity index (χ0n) is 13.8. The SMILES string of the molecule is CC(C)N(CCC(=O)O)C(=O)CNC(=O)c1ccc(C(F)(F)F)cc1. The summed E-state index contributed by atoms with van der Waals surface area (Å²) in [5, 5.41) is 11.0. The van der Waals surface area contributed by atoms with Crippen molar-refractivity contribution in [2.24, 2.45) is 0 Å². The number of nitrogens with one attached hydrogen (secondary N) is 1. The molecule has 0 heterocycles. The van der Waals surface area contributed by atoms with Crippen molar-refractivity contribution < 1.29 is 32.7 Å². The predicted octanol–water partition coefficient (Wildman–Crippen LogP) is 2.15. The second-order valence-electron chi connectivity index (χ2n) is 5.58. The minimum absolute atomic E-state index is 0.00197. The van der Waals surface area contributed by atoms with Gasteiger partial charge in [-0.25, -0.2) is 0 Å². The van der Waals surface area contributed by atoms with Crippen molar-refractivity contribution in [3.05, 3.63) is 35.4 Å². The maximum absolute atomic E-state index is 12.5. The number of carbonyl (C=O) groups excluding carboxylic acids is 2. The van der Waals surface area contributed by atoms with E-state index in [-0.39, 0.29) is 31.1 Å². The van der Waals surface area contributed by atoms with Crippen molar-refractivity contribution in [2.45, 2.75) is 32.5 Å². The van der Waals surface area contributed by atoms with E-state index in [4.69, 9.17) is 5.11 Å². The average molecular weight is 360 g/mol. The molecule has 0 bridgehead atoms. The lowest BCUT2D eigenvalue weighted by atomic mass is 10.1. The van der Waals surface area contributed by atoms with Crippen LogP contribution in [-0.4, -0.2) is 46.9 Å². The average Bonchev–Trinajstić information content (AvgIpc) is 2.51. The van der Waals surface area contributed by atoms with Gasteiger partial charge < -0.3 is 15.3 Å². The van der Waals surface area contributed by atoms with Gasteiger partial charge in [-0.1, -0.05) is 0 Å². The number of benzene rings is 1. The number of hydrogen-bond acceptors (Lipinski definition) is 3. The fourth-order valence-electron chi connectivity index (χ4n) is 2.06. The molecule has 9 heteroatoms. The summed E-state index contributed by atoms with van der Waals surface area (Å²) >= 11 is 0. The van der Waals surface area contributed by atoms with Crippen LogP contribution in [0.25, 0.3) is 0 Å². The quantitative estimate of drug-likeness (QED) is 0.780. The maximum Gasteiger partial charge on any atom is 0.416 e. The molecule has 0 atom stereocenters. The Morgan fingerprint density at radius 1 is 1.16 bits per heavy atom. The Kier molecular flexibility index (Phi) is 6.96. The number of nitrogens with zero attached hydrogens (tertiary/aromatic N) is 1. The van der Waals surface area contributed by atoms with Gasteiger partial charge in [-0.05, 0) is 38.1 Å². The summed E-state index contributed by atoms with van der Waals surface area (Å²) in [6, 6.07) is 3.35. The molecule has 0 saturated heterocycles. The second-order valence-corrected chi connectivity index (χ2v) is 5.58. The van der Waals surface area contributed by atoms with Gasteiger partial charge in [-0.3, -0.25) is 14.4 Å². The molecule has 0 aliphatic rings. The molecule has 0 radical (unpaired) electrons. The summed E-state index contributed by atoms with van der Waals surface area (Å²) in [5.41, 5.74) is -0.887. The van der Waals surface area contributed by atoms with Crippen LogP contribution in [0.5, 0.6) is 0 Å². The summed E-state index contributed by atoms with van der Waals surface area (Å²) in [6.45, 7) is 3.04. The number of carboxylic acids is 1. The second kappa shape index (κ2) is 8.50. The molecule has 1 rings (SSSR count). The molecule has 0 aliphatic heterocycles. The standard InChI is InChI=1S/C16H19F3N2O4/c1-10(2)21(8-7-14(23)24)13(22)9-20-15(25)11-3-5-12(6-4-11)16(17,18)19/h3-6,10H,7-9H2,1-2H3,(H,20,25)(H,23,24). The Morgan fingerprint density at radius 2 is 1.72 bits per heavy atom. The number of aliphatic carboxylic acids is 1. The number of carbonyl (C=O) groups is 3. The highest BCUT2D eigenvalue weighted by atomic mass is 19.4. The molecule has 2 N–H and O–H groups in total. The molecular weight excluding hydrogens is 341 g/mol. The van der Waals surface area contributed by atoms with E-state index in [0.717, 1.165) is 24.3 Å². The lowest BCUT2D eigenvalue weighted by molar-refractivity contribution is -0.139. The van der Waals surface area contributed by atoms with Crippen molar-refractivity contribution in [1.82, 2.24) is 10.2 Å². The van der Waals surface area contributed by atoms with Crippen LogP contribution in [0, 0.1) is 0 Å². The lowest BCUT2D eigenvalue weighted by Crippen LogP contribution is -2.44. The van der Waals surface area contributed by atoms with E-state index in [1.807, 2.05) is 0 Å². The molecule has 0 unspecified atom stereocenters. The van der Waals surface area contributed by atoms with Gasteiger partial charge >= 0.3 is 12.1 Å². The van der Waals surface area contributed by atoms with E-state index in [2.05, 4.69) is 5.32 Å². The molecule has 6 nitrogen and oxygen atoms in total. The van der Waals surface area contributed by atoms with Crippen LogP contribution in [0.1, 0.15) is 36.2 Å². The zero-order valence-corrected chi connectivity index (χ0v) is 13.8. The zero-order chi connectivity index (χ0) is 19.2. The summed E-state index contributed by atoms with van der Waals surface area (Å²) in [6.07, 6.45) is -4.72. The maximum atomic E-state index is 12.5. The third kappa shape index (κ3) is 6.44. The molecule has 0 spiro atoms. The molecule has 138 valence electrons. The molecule has 1 aromatic rings. The number of amides is 2. The fourth-order valence-corrected chi connectivity index (χ4v) is 2.06. The molecule has 25 heavy (non-hydrogen) atoms. The van der Waals surface area contributed by atoms with Crippen LogP contribution in [0.3, 0.4) is 0 Å². The smallest absolute Gasteiger partial charge is 0.416 e. The Morgan fingerprint density at radius 3 is 2.16 bits per heavy atom. The highest BCUT2D eigenvalue weighted by Crippen LogP contribution is 2.29. The van der Waals surface area contributed by atoms with Gasteiger partial charge in [0.05, 0.1) is 18.5 Å². The summed E-state index contributed by atoms with van der Waals surface area (Å²) in [7, 11) is 0. The van der Waals surface area contributed by atoms with Gasteiger partial charge in [0.1, 0.15) is 0 Å². The number of alkyl halides is 3. The van der Waals surface area contributed by atoms with Crippen molar-refractivity contribution in [2.75, 3.05) is 13.1 Å². The number of carboxylic acid groups (broad SMARTS) is 1. The first-order valence-corrected chi connectivity index (χ1v) is 7.49. The van der Waals surface area contributed by atoms with E-state index in [1.54, 1.807) is 13.8 Å². The van der Waals surface area contributed by atoms with Crippen LogP contribution in [-0.2, 0) is 15.8 Å². The minimum atomic E-state index is -4.49. The van der Waals surface area contributed by atoms with Crippen molar-refractivity contribution in [3.63, 3.8) is 0 Å². The number of rotatable bonds is 7. The fraction of sp³-hybridized carbons (Fsp3) is 0.438. The number of hydrogen-bond donors (Lipinski definition) is 2. The Labute approximate surface area is 142 Å². The van der Waals surface area contributed by atoms with E-state index in [0.29, 0.717) is 0 Å². The molecule has 0 fully saturated rings. The van der Waals surface area contributed by atoms with Gasteiger partial charge in [0.2, 0.25) is 5.91 Å². The van der Waals surface area contributed by atoms with Crippen molar-refractivity contribution >= 4 is 17.8 Å². The molecular formula is C16H19F3N2O4. The van der Waals surface area contributed by atoms with Gasteiger partial charge in [0, 0.05) is 18.2 Å². The van der Waals surface area contributed by atoms with E-state index in [9.17, 15) is 27.6 Å². The number of halogens is 3. The first-order valence-electron chi connectivity index (χ1n) is 7.49. The summed E-state index contributed by atoms with van der Waals surface area (Å²) < 4.78 is 37.4. The van der Waals surface area contributed by atoms with Crippen LogP contribution >= 0.6 is 0 Å². The van der Waals surface area contributed by atoms with E-state index in [1.165, 1.54) is 4.90 Å².